The van der Waals surface area contributed by atoms with Crippen molar-refractivity contribution in [3.05, 3.63) is 35.9 Å². The second-order valence-corrected chi connectivity index (χ2v) is 6.49. The van der Waals surface area contributed by atoms with Crippen LogP contribution in [0.1, 0.15) is 32.4 Å². The van der Waals surface area contributed by atoms with Crippen molar-refractivity contribution in [3.63, 3.8) is 0 Å². The molecule has 1 aliphatic carbocycles. The third kappa shape index (κ3) is 3.62. The molecule has 1 saturated carbocycles. The van der Waals surface area contributed by atoms with E-state index in [0.717, 1.165) is 5.56 Å². The van der Waals surface area contributed by atoms with E-state index >= 15 is 0 Å². The van der Waals surface area contributed by atoms with Crippen molar-refractivity contribution < 1.29 is 23.9 Å². The van der Waals surface area contributed by atoms with Gasteiger partial charge in [0.05, 0.1) is 25.0 Å². The van der Waals surface area contributed by atoms with E-state index in [2.05, 4.69) is 5.32 Å². The standard InChI is InChI=1S/C19H23NO5/c1-10(13-8-6-5-7-9-13)20-18(23)16-14(11(2)21)15(12(3)22)17(16)19(24)25-4/h5-10,14-17H,1-4H3,(H,20,23)/t10-,14-,15-,16+,17-/m0/s1. The Morgan fingerprint density at radius 1 is 0.920 bits per heavy atom. The highest BCUT2D eigenvalue weighted by atomic mass is 16.5. The number of hydrogen-bond donors (Lipinski definition) is 1. The molecule has 0 bridgehead atoms. The van der Waals surface area contributed by atoms with Gasteiger partial charge < -0.3 is 10.1 Å². The first-order valence-corrected chi connectivity index (χ1v) is 8.23. The van der Waals surface area contributed by atoms with E-state index in [9.17, 15) is 19.2 Å². The normalized spacial score (nSPS) is 26.1. The molecule has 5 atom stereocenters. The molecule has 1 aliphatic rings. The van der Waals surface area contributed by atoms with Gasteiger partial charge in [-0.05, 0) is 26.3 Å². The van der Waals surface area contributed by atoms with E-state index in [-0.39, 0.29) is 17.6 Å². The number of carbonyl (C=O) groups is 4. The average Bonchev–Trinajstić information content (AvgIpc) is 2.53. The van der Waals surface area contributed by atoms with Gasteiger partial charge in [0, 0.05) is 11.8 Å². The highest BCUT2D eigenvalue weighted by Crippen LogP contribution is 2.48. The zero-order valence-electron chi connectivity index (χ0n) is 14.8. The molecule has 0 radical (unpaired) electrons. The fourth-order valence-corrected chi connectivity index (χ4v) is 3.65. The smallest absolute Gasteiger partial charge is 0.310 e. The Balaban J connectivity index is 2.23. The summed E-state index contributed by atoms with van der Waals surface area (Å²) in [6, 6.07) is 9.08. The molecular weight excluding hydrogens is 322 g/mol. The van der Waals surface area contributed by atoms with Crippen molar-refractivity contribution in [1.82, 2.24) is 5.32 Å². The van der Waals surface area contributed by atoms with Crippen LogP contribution in [0.3, 0.4) is 0 Å². The van der Waals surface area contributed by atoms with Crippen molar-refractivity contribution >= 4 is 23.4 Å². The first-order valence-electron chi connectivity index (χ1n) is 8.23. The minimum Gasteiger partial charge on any atom is -0.469 e. The van der Waals surface area contributed by atoms with Crippen molar-refractivity contribution in [2.24, 2.45) is 23.7 Å². The van der Waals surface area contributed by atoms with Crippen LogP contribution in [0.4, 0.5) is 0 Å². The van der Waals surface area contributed by atoms with Crippen molar-refractivity contribution in [2.75, 3.05) is 7.11 Å². The number of esters is 1. The van der Waals surface area contributed by atoms with Gasteiger partial charge in [-0.3, -0.25) is 19.2 Å². The largest absolute Gasteiger partial charge is 0.469 e. The predicted molar refractivity (Wildman–Crippen MR) is 90.3 cm³/mol. The van der Waals surface area contributed by atoms with Gasteiger partial charge in [-0.25, -0.2) is 0 Å². The van der Waals surface area contributed by atoms with Crippen molar-refractivity contribution in [1.29, 1.82) is 0 Å². The average molecular weight is 345 g/mol. The second-order valence-electron chi connectivity index (χ2n) is 6.49. The summed E-state index contributed by atoms with van der Waals surface area (Å²) in [6.45, 7) is 4.50. The van der Waals surface area contributed by atoms with Crippen LogP contribution in [0, 0.1) is 23.7 Å². The maximum atomic E-state index is 12.7. The van der Waals surface area contributed by atoms with Crippen molar-refractivity contribution in [3.8, 4) is 0 Å². The molecule has 1 aromatic carbocycles. The van der Waals surface area contributed by atoms with Gasteiger partial charge in [0.1, 0.15) is 11.6 Å². The Morgan fingerprint density at radius 3 is 1.92 bits per heavy atom. The van der Waals surface area contributed by atoms with Gasteiger partial charge >= 0.3 is 5.97 Å². The molecule has 1 aromatic rings. The van der Waals surface area contributed by atoms with E-state index in [1.807, 2.05) is 37.3 Å². The lowest BCUT2D eigenvalue weighted by Crippen LogP contribution is -2.61. The minimum atomic E-state index is -0.917. The number of hydrogen-bond acceptors (Lipinski definition) is 5. The summed E-state index contributed by atoms with van der Waals surface area (Å²) in [6.07, 6.45) is 0. The SMILES string of the molecule is COC(=O)[C@H]1[C@@H](C(C)=O)[C@H](C(C)=O)[C@H]1C(=O)N[C@@H](C)c1ccccc1. The molecule has 1 fully saturated rings. The number of ether oxygens (including phenoxy) is 1. The Labute approximate surface area is 146 Å². The van der Waals surface area contributed by atoms with Crippen LogP contribution in [-0.4, -0.2) is 30.6 Å². The monoisotopic (exact) mass is 345 g/mol. The Bertz CT molecular complexity index is 684. The predicted octanol–water partition coefficient (Wildman–Crippen LogP) is 1.69. The van der Waals surface area contributed by atoms with Crippen LogP contribution in [0.5, 0.6) is 0 Å². The van der Waals surface area contributed by atoms with Gasteiger partial charge in [0.25, 0.3) is 0 Å². The molecule has 6 heteroatoms. The highest BCUT2D eigenvalue weighted by Gasteiger charge is 2.61. The number of nitrogens with one attached hydrogen (secondary N) is 1. The van der Waals surface area contributed by atoms with Crippen LogP contribution < -0.4 is 5.32 Å². The second kappa shape index (κ2) is 7.59. The lowest BCUT2D eigenvalue weighted by atomic mass is 9.53. The van der Waals surface area contributed by atoms with Gasteiger partial charge in [-0.15, -0.1) is 0 Å². The lowest BCUT2D eigenvalue weighted by molar-refractivity contribution is -0.175. The number of methoxy groups -OCH3 is 1. The molecule has 1 amide bonds. The van der Waals surface area contributed by atoms with E-state index in [4.69, 9.17) is 4.74 Å². The van der Waals surface area contributed by atoms with E-state index in [1.54, 1.807) is 0 Å². The number of carbonyl (C=O) groups excluding carboxylic acids is 4. The lowest BCUT2D eigenvalue weighted by Gasteiger charge is -2.47. The number of ketones is 2. The summed E-state index contributed by atoms with van der Waals surface area (Å²) < 4.78 is 4.75. The topological polar surface area (TPSA) is 89.5 Å². The van der Waals surface area contributed by atoms with Gasteiger partial charge in [-0.1, -0.05) is 30.3 Å². The number of rotatable bonds is 6. The summed E-state index contributed by atoms with van der Waals surface area (Å²) in [5.74, 6) is -4.99. The first kappa shape index (κ1) is 18.8. The summed E-state index contributed by atoms with van der Waals surface area (Å²) in [5, 5.41) is 2.84. The molecule has 0 aliphatic heterocycles. The quantitative estimate of drug-likeness (QED) is 0.793. The number of benzene rings is 1. The van der Waals surface area contributed by atoms with Crippen LogP contribution in [0.15, 0.2) is 30.3 Å². The first-order chi connectivity index (χ1) is 11.8. The molecule has 0 saturated heterocycles. The number of amides is 1. The molecule has 134 valence electrons. The molecule has 0 aromatic heterocycles. The maximum Gasteiger partial charge on any atom is 0.310 e. The van der Waals surface area contributed by atoms with Gasteiger partial charge in [-0.2, -0.15) is 0 Å². The Morgan fingerprint density at radius 2 is 1.44 bits per heavy atom. The van der Waals surface area contributed by atoms with Crippen molar-refractivity contribution in [2.45, 2.75) is 26.8 Å². The van der Waals surface area contributed by atoms with E-state index < -0.39 is 35.5 Å². The fourth-order valence-electron chi connectivity index (χ4n) is 3.65. The summed E-state index contributed by atoms with van der Waals surface area (Å²) >= 11 is 0. The summed E-state index contributed by atoms with van der Waals surface area (Å²) in [5.41, 5.74) is 0.910. The Hall–Kier alpha value is -2.50. The van der Waals surface area contributed by atoms with Crippen LogP contribution in [0.2, 0.25) is 0 Å². The summed E-state index contributed by atoms with van der Waals surface area (Å²) in [4.78, 5) is 48.7. The molecule has 2 rings (SSSR count). The van der Waals surface area contributed by atoms with Gasteiger partial charge in [0.15, 0.2) is 0 Å². The molecule has 1 N–H and O–H groups in total. The minimum absolute atomic E-state index is 0.270. The van der Waals surface area contributed by atoms with Gasteiger partial charge in [0.2, 0.25) is 5.91 Å². The zero-order chi connectivity index (χ0) is 18.7. The molecular formula is C19H23NO5. The zero-order valence-corrected chi connectivity index (χ0v) is 14.8. The molecule has 0 unspecified atom stereocenters. The molecule has 25 heavy (non-hydrogen) atoms. The van der Waals surface area contributed by atoms with E-state index in [1.165, 1.54) is 21.0 Å². The van der Waals surface area contributed by atoms with E-state index in [0.29, 0.717) is 0 Å². The highest BCUT2D eigenvalue weighted by molar-refractivity contribution is 6.01. The Kier molecular flexibility index (Phi) is 5.72. The fraction of sp³-hybridized carbons (Fsp3) is 0.474. The molecule has 0 spiro atoms. The maximum absolute atomic E-state index is 12.7. The third-order valence-corrected chi connectivity index (χ3v) is 4.92. The molecule has 6 nitrogen and oxygen atoms in total. The molecule has 0 heterocycles. The van der Waals surface area contributed by atoms with Crippen LogP contribution >= 0.6 is 0 Å². The van der Waals surface area contributed by atoms with Crippen LogP contribution in [-0.2, 0) is 23.9 Å². The number of Topliss-reactive ketones (excluding diaryl/α,β-unsaturated/α-hetero) is 2. The summed E-state index contributed by atoms with van der Waals surface area (Å²) in [7, 11) is 1.21. The van der Waals surface area contributed by atoms with Crippen LogP contribution in [0.25, 0.3) is 0 Å². The third-order valence-electron chi connectivity index (χ3n) is 4.92.